The summed E-state index contributed by atoms with van der Waals surface area (Å²) in [6, 6.07) is 7.02. The minimum atomic E-state index is -3.72. The molecule has 4 rings (SSSR count). The molecule has 1 heterocycles. The van der Waals surface area contributed by atoms with Crippen LogP contribution in [0.1, 0.15) is 44.7 Å². The molecule has 0 spiro atoms. The number of hydrogen-bond acceptors (Lipinski definition) is 6. The van der Waals surface area contributed by atoms with Crippen molar-refractivity contribution in [2.24, 2.45) is 16.7 Å². The first-order valence-corrected chi connectivity index (χ1v) is 12.4. The number of ketones is 1. The van der Waals surface area contributed by atoms with Gasteiger partial charge in [-0.2, -0.15) is 0 Å². The molecular formula is C22H33N3O4S. The van der Waals surface area contributed by atoms with Crippen molar-refractivity contribution in [1.29, 1.82) is 0 Å². The smallest absolute Gasteiger partial charge is 0.213 e. The Morgan fingerprint density at radius 1 is 1.37 bits per heavy atom. The van der Waals surface area contributed by atoms with Gasteiger partial charge in [-0.3, -0.25) is 15.0 Å². The number of benzene rings is 1. The van der Waals surface area contributed by atoms with Crippen molar-refractivity contribution in [3.63, 3.8) is 0 Å². The van der Waals surface area contributed by atoms with E-state index in [1.54, 1.807) is 7.11 Å². The van der Waals surface area contributed by atoms with E-state index >= 15 is 0 Å². The van der Waals surface area contributed by atoms with E-state index in [-0.39, 0.29) is 29.0 Å². The monoisotopic (exact) mass is 435 g/mol. The standard InChI is InChI=1S/C22H33N3O4S/c1-21(2)16-8-9-22(21,18(26)13-16)14-30(27,28)24-19(20-23-10-11-25(20)3)15-6-5-7-17(12-15)29-4/h5-7,12,16,19-20,23-24H,8-11,13-14H2,1-4H3. The zero-order valence-corrected chi connectivity index (χ0v) is 19.1. The summed E-state index contributed by atoms with van der Waals surface area (Å²) in [5.74, 6) is 0.945. The molecule has 2 bridgehead atoms. The Kier molecular flexibility index (Phi) is 5.50. The van der Waals surface area contributed by atoms with Crippen LogP contribution in [-0.4, -0.2) is 58.3 Å². The number of methoxy groups -OCH3 is 1. The van der Waals surface area contributed by atoms with Crippen molar-refractivity contribution in [3.05, 3.63) is 29.8 Å². The highest BCUT2D eigenvalue weighted by Gasteiger charge is 2.65. The molecule has 2 saturated carbocycles. The average molecular weight is 436 g/mol. The van der Waals surface area contributed by atoms with Gasteiger partial charge in [0, 0.05) is 24.9 Å². The van der Waals surface area contributed by atoms with Gasteiger partial charge < -0.3 is 4.74 Å². The van der Waals surface area contributed by atoms with Crippen LogP contribution in [0.25, 0.3) is 0 Å². The lowest BCUT2D eigenvalue weighted by atomic mass is 9.70. The summed E-state index contributed by atoms with van der Waals surface area (Å²) in [6.45, 7) is 5.76. The van der Waals surface area contributed by atoms with Gasteiger partial charge >= 0.3 is 0 Å². The second kappa shape index (κ2) is 7.58. The quantitative estimate of drug-likeness (QED) is 0.680. The van der Waals surface area contributed by atoms with Crippen LogP contribution in [0.3, 0.4) is 0 Å². The van der Waals surface area contributed by atoms with Crippen LogP contribution in [0, 0.1) is 16.7 Å². The summed E-state index contributed by atoms with van der Waals surface area (Å²) in [4.78, 5) is 15.0. The Balaban J connectivity index is 1.64. The molecule has 0 aromatic heterocycles. The first kappa shape index (κ1) is 21.7. The molecule has 30 heavy (non-hydrogen) atoms. The van der Waals surface area contributed by atoms with Gasteiger partial charge in [-0.25, -0.2) is 13.1 Å². The molecule has 1 saturated heterocycles. The largest absolute Gasteiger partial charge is 0.497 e. The number of Topliss-reactive ketones (excluding diaryl/α,β-unsaturated/α-hetero) is 1. The molecule has 1 aromatic carbocycles. The van der Waals surface area contributed by atoms with E-state index in [0.717, 1.165) is 25.1 Å². The average Bonchev–Trinajstić information content (AvgIpc) is 3.27. The molecule has 3 aliphatic rings. The van der Waals surface area contributed by atoms with E-state index < -0.39 is 21.5 Å². The van der Waals surface area contributed by atoms with E-state index in [9.17, 15) is 13.2 Å². The zero-order valence-electron chi connectivity index (χ0n) is 18.3. The highest BCUT2D eigenvalue weighted by Crippen LogP contribution is 2.64. The van der Waals surface area contributed by atoms with Crippen molar-refractivity contribution < 1.29 is 17.9 Å². The molecule has 1 aliphatic heterocycles. The van der Waals surface area contributed by atoms with Crippen molar-refractivity contribution in [2.45, 2.75) is 45.3 Å². The van der Waals surface area contributed by atoms with Gasteiger partial charge in [-0.1, -0.05) is 26.0 Å². The highest BCUT2D eigenvalue weighted by molar-refractivity contribution is 7.89. The van der Waals surface area contributed by atoms with E-state index in [1.165, 1.54) is 0 Å². The predicted molar refractivity (Wildman–Crippen MR) is 116 cm³/mol. The SMILES string of the molecule is COc1cccc(C(NS(=O)(=O)CC23CCC(CC2=O)C3(C)C)C2NCCN2C)c1. The van der Waals surface area contributed by atoms with Gasteiger partial charge in [0.15, 0.2) is 0 Å². The Hall–Kier alpha value is -1.48. The lowest BCUT2D eigenvalue weighted by Gasteiger charge is -2.37. The molecule has 2 aliphatic carbocycles. The van der Waals surface area contributed by atoms with Crippen LogP contribution in [-0.2, 0) is 14.8 Å². The lowest BCUT2D eigenvalue weighted by molar-refractivity contribution is -0.128. The fourth-order valence-electron chi connectivity index (χ4n) is 5.87. The number of carbonyl (C=O) groups excluding carboxylic acids is 1. The van der Waals surface area contributed by atoms with E-state index in [4.69, 9.17) is 4.74 Å². The lowest BCUT2D eigenvalue weighted by Crippen LogP contribution is -2.50. The Morgan fingerprint density at radius 2 is 2.13 bits per heavy atom. The molecular weight excluding hydrogens is 402 g/mol. The second-order valence-electron chi connectivity index (χ2n) is 9.68. The summed E-state index contributed by atoms with van der Waals surface area (Å²) in [6.07, 6.45) is 1.93. The maximum Gasteiger partial charge on any atom is 0.213 e. The maximum absolute atomic E-state index is 13.5. The van der Waals surface area contributed by atoms with Gasteiger partial charge in [-0.05, 0) is 48.9 Å². The van der Waals surface area contributed by atoms with Crippen LogP contribution < -0.4 is 14.8 Å². The molecule has 7 nitrogen and oxygen atoms in total. The number of rotatable bonds is 7. The summed E-state index contributed by atoms with van der Waals surface area (Å²) < 4.78 is 35.2. The van der Waals surface area contributed by atoms with Crippen LogP contribution in [0.5, 0.6) is 5.75 Å². The first-order valence-electron chi connectivity index (χ1n) is 10.7. The van der Waals surface area contributed by atoms with Crippen LogP contribution in [0.15, 0.2) is 24.3 Å². The normalized spacial score (nSPS) is 31.9. The number of hydrogen-bond donors (Lipinski definition) is 2. The van der Waals surface area contributed by atoms with E-state index in [1.807, 2.05) is 31.3 Å². The summed E-state index contributed by atoms with van der Waals surface area (Å²) in [7, 11) is -0.138. The van der Waals surface area contributed by atoms with Crippen molar-refractivity contribution in [2.75, 3.05) is 33.0 Å². The molecule has 0 amide bonds. The van der Waals surface area contributed by atoms with Crippen molar-refractivity contribution >= 4 is 15.8 Å². The van der Waals surface area contributed by atoms with Crippen LogP contribution in [0.4, 0.5) is 0 Å². The third-order valence-corrected chi connectivity index (χ3v) is 9.43. The first-order chi connectivity index (χ1) is 14.1. The van der Waals surface area contributed by atoms with E-state index in [2.05, 4.69) is 28.8 Å². The van der Waals surface area contributed by atoms with Crippen LogP contribution in [0.2, 0.25) is 0 Å². The van der Waals surface area contributed by atoms with Gasteiger partial charge in [0.05, 0.1) is 25.1 Å². The highest BCUT2D eigenvalue weighted by atomic mass is 32.2. The van der Waals surface area contributed by atoms with Gasteiger partial charge in [0.25, 0.3) is 0 Å². The molecule has 166 valence electrons. The fourth-order valence-corrected chi connectivity index (χ4v) is 7.93. The Labute approximate surface area is 179 Å². The van der Waals surface area contributed by atoms with Gasteiger partial charge in [0.1, 0.15) is 11.5 Å². The number of ether oxygens (including phenoxy) is 1. The minimum absolute atomic E-state index is 0.114. The molecule has 8 heteroatoms. The molecule has 1 aromatic rings. The van der Waals surface area contributed by atoms with Crippen molar-refractivity contribution in [3.8, 4) is 5.75 Å². The molecule has 4 atom stereocenters. The number of fused-ring (bicyclic) bond motifs is 2. The summed E-state index contributed by atoms with van der Waals surface area (Å²) in [5.41, 5.74) is -0.229. The molecule has 2 N–H and O–H groups in total. The van der Waals surface area contributed by atoms with Gasteiger partial charge in [0.2, 0.25) is 10.0 Å². The predicted octanol–water partition coefficient (Wildman–Crippen LogP) is 1.91. The fraction of sp³-hybridized carbons (Fsp3) is 0.682. The van der Waals surface area contributed by atoms with Crippen molar-refractivity contribution in [1.82, 2.24) is 14.9 Å². The topological polar surface area (TPSA) is 87.7 Å². The number of carbonyl (C=O) groups is 1. The molecule has 0 radical (unpaired) electrons. The number of sulfonamides is 1. The van der Waals surface area contributed by atoms with E-state index in [0.29, 0.717) is 18.6 Å². The number of nitrogens with one attached hydrogen (secondary N) is 2. The maximum atomic E-state index is 13.5. The number of nitrogens with zero attached hydrogens (tertiary/aromatic N) is 1. The third-order valence-electron chi connectivity index (χ3n) is 7.94. The number of likely N-dealkylation sites (N-methyl/N-ethyl adjacent to an activating group) is 1. The minimum Gasteiger partial charge on any atom is -0.497 e. The van der Waals surface area contributed by atoms with Crippen LogP contribution >= 0.6 is 0 Å². The second-order valence-corrected chi connectivity index (χ2v) is 11.4. The zero-order chi connectivity index (χ0) is 21.7. The summed E-state index contributed by atoms with van der Waals surface area (Å²) >= 11 is 0. The van der Waals surface area contributed by atoms with Gasteiger partial charge in [-0.15, -0.1) is 0 Å². The Bertz CT molecular complexity index is 932. The molecule has 4 unspecified atom stereocenters. The Morgan fingerprint density at radius 3 is 2.70 bits per heavy atom. The molecule has 3 fully saturated rings. The summed E-state index contributed by atoms with van der Waals surface area (Å²) in [5, 5.41) is 3.41. The third kappa shape index (κ3) is 3.47.